The Bertz CT molecular complexity index is 571. The van der Waals surface area contributed by atoms with Gasteiger partial charge in [-0.15, -0.1) is 0 Å². The zero-order chi connectivity index (χ0) is 16.0. The van der Waals surface area contributed by atoms with Gasteiger partial charge in [-0.3, -0.25) is 0 Å². The molecule has 0 radical (unpaired) electrons. The maximum absolute atomic E-state index is 11.3. The Labute approximate surface area is 126 Å². The number of methoxy groups -OCH3 is 3. The molecule has 21 heavy (non-hydrogen) atoms. The first-order valence-electron chi connectivity index (χ1n) is 6.50. The van der Waals surface area contributed by atoms with E-state index < -0.39 is 9.84 Å². The first-order chi connectivity index (χ1) is 9.80. The van der Waals surface area contributed by atoms with Gasteiger partial charge in [0.15, 0.2) is 11.5 Å². The minimum Gasteiger partial charge on any atom is -0.496 e. The van der Waals surface area contributed by atoms with Crippen LogP contribution in [0, 0.1) is 0 Å². The maximum atomic E-state index is 11.3. The normalized spacial score (nSPS) is 12.8. The predicted octanol–water partition coefficient (Wildman–Crippen LogP) is 1.24. The molecule has 120 valence electrons. The topological polar surface area (TPSA) is 73.9 Å². The highest BCUT2D eigenvalue weighted by molar-refractivity contribution is 7.90. The summed E-state index contributed by atoms with van der Waals surface area (Å²) in [6, 6.07) is 3.41. The molecule has 0 spiro atoms. The van der Waals surface area contributed by atoms with Crippen LogP contribution in [0.15, 0.2) is 12.1 Å². The molecular weight excluding hydrogens is 294 g/mol. The minimum atomic E-state index is -3.01. The highest BCUT2D eigenvalue weighted by Crippen LogP contribution is 2.34. The minimum absolute atomic E-state index is 0.0859. The monoisotopic (exact) mass is 317 g/mol. The van der Waals surface area contributed by atoms with Crippen LogP contribution < -0.4 is 19.5 Å². The van der Waals surface area contributed by atoms with E-state index in [2.05, 4.69) is 5.32 Å². The summed E-state index contributed by atoms with van der Waals surface area (Å²) in [5.41, 5.74) is 0.871. The second-order valence-electron chi connectivity index (χ2n) is 4.89. The molecule has 6 nitrogen and oxygen atoms in total. The third-order valence-corrected chi connectivity index (χ3v) is 4.09. The van der Waals surface area contributed by atoms with Crippen LogP contribution in [0.2, 0.25) is 0 Å². The van der Waals surface area contributed by atoms with Crippen molar-refractivity contribution in [3.05, 3.63) is 17.7 Å². The SMILES string of the molecule is COc1cc(OC)c(OC)cc1CNC(C)CS(C)(=O)=O. The smallest absolute Gasteiger partial charge is 0.164 e. The standard InChI is InChI=1S/C14H23NO5S/c1-10(9-21(5,16)17)15-8-11-6-13(19-3)14(20-4)7-12(11)18-2/h6-7,10,15H,8-9H2,1-5H3. The Morgan fingerprint density at radius 3 is 2.05 bits per heavy atom. The number of ether oxygens (including phenoxy) is 3. The third-order valence-electron chi connectivity index (χ3n) is 2.98. The lowest BCUT2D eigenvalue weighted by molar-refractivity contribution is 0.347. The molecule has 0 bridgehead atoms. The summed E-state index contributed by atoms with van der Waals surface area (Å²) in [6.07, 6.45) is 1.22. The van der Waals surface area contributed by atoms with Gasteiger partial charge in [0.2, 0.25) is 0 Å². The van der Waals surface area contributed by atoms with Gasteiger partial charge in [-0.25, -0.2) is 8.42 Å². The lowest BCUT2D eigenvalue weighted by atomic mass is 10.1. The zero-order valence-electron chi connectivity index (χ0n) is 13.1. The Balaban J connectivity index is 2.87. The molecule has 1 rings (SSSR count). The van der Waals surface area contributed by atoms with Gasteiger partial charge in [-0.1, -0.05) is 0 Å². The van der Waals surface area contributed by atoms with Crippen molar-refractivity contribution in [2.45, 2.75) is 19.5 Å². The van der Waals surface area contributed by atoms with E-state index in [1.54, 1.807) is 27.4 Å². The van der Waals surface area contributed by atoms with Crippen LogP contribution >= 0.6 is 0 Å². The van der Waals surface area contributed by atoms with Crippen LogP contribution in [0.1, 0.15) is 12.5 Å². The fraction of sp³-hybridized carbons (Fsp3) is 0.571. The molecule has 0 saturated carbocycles. The Morgan fingerprint density at radius 1 is 1.05 bits per heavy atom. The Morgan fingerprint density at radius 2 is 1.57 bits per heavy atom. The van der Waals surface area contributed by atoms with E-state index in [1.807, 2.05) is 13.0 Å². The van der Waals surface area contributed by atoms with Crippen LogP contribution in [0.25, 0.3) is 0 Å². The summed E-state index contributed by atoms with van der Waals surface area (Å²) in [4.78, 5) is 0. The summed E-state index contributed by atoms with van der Waals surface area (Å²) < 4.78 is 38.3. The van der Waals surface area contributed by atoms with Crippen LogP contribution in [0.4, 0.5) is 0 Å². The van der Waals surface area contributed by atoms with Crippen molar-refractivity contribution >= 4 is 9.84 Å². The second kappa shape index (κ2) is 7.51. The number of hydrogen-bond acceptors (Lipinski definition) is 6. The fourth-order valence-electron chi connectivity index (χ4n) is 2.03. The molecular formula is C14H23NO5S. The van der Waals surface area contributed by atoms with Gasteiger partial charge in [0.1, 0.15) is 15.6 Å². The van der Waals surface area contributed by atoms with Gasteiger partial charge in [0.05, 0.1) is 27.1 Å². The van der Waals surface area contributed by atoms with Crippen molar-refractivity contribution in [3.63, 3.8) is 0 Å². The highest BCUT2D eigenvalue weighted by Gasteiger charge is 2.14. The third kappa shape index (κ3) is 5.43. The molecule has 1 aromatic rings. The maximum Gasteiger partial charge on any atom is 0.164 e. The lowest BCUT2D eigenvalue weighted by Gasteiger charge is -2.17. The van der Waals surface area contributed by atoms with E-state index in [1.165, 1.54) is 6.26 Å². The molecule has 0 aliphatic heterocycles. The second-order valence-corrected chi connectivity index (χ2v) is 7.08. The van der Waals surface area contributed by atoms with Crippen molar-refractivity contribution in [1.82, 2.24) is 5.32 Å². The summed E-state index contributed by atoms with van der Waals surface area (Å²) in [7, 11) is 1.69. The van der Waals surface area contributed by atoms with E-state index in [9.17, 15) is 8.42 Å². The Hall–Kier alpha value is -1.47. The van der Waals surface area contributed by atoms with Crippen molar-refractivity contribution in [3.8, 4) is 17.2 Å². The molecule has 1 aromatic carbocycles. The lowest BCUT2D eigenvalue weighted by Crippen LogP contribution is -2.32. The van der Waals surface area contributed by atoms with Gasteiger partial charge in [0.25, 0.3) is 0 Å². The summed E-state index contributed by atoms with van der Waals surface area (Å²) in [5.74, 6) is 1.93. The van der Waals surface area contributed by atoms with Crippen molar-refractivity contribution in [2.75, 3.05) is 33.3 Å². The number of hydrogen-bond donors (Lipinski definition) is 1. The molecule has 0 saturated heterocycles. The molecule has 0 aliphatic rings. The summed E-state index contributed by atoms with van der Waals surface area (Å²) in [6.45, 7) is 2.30. The quantitative estimate of drug-likeness (QED) is 0.777. The first-order valence-corrected chi connectivity index (χ1v) is 8.56. The summed E-state index contributed by atoms with van der Waals surface area (Å²) in [5, 5.41) is 3.16. The van der Waals surface area contributed by atoms with Crippen LogP contribution in [0.3, 0.4) is 0 Å². The average molecular weight is 317 g/mol. The van der Waals surface area contributed by atoms with E-state index >= 15 is 0 Å². The van der Waals surface area contributed by atoms with Gasteiger partial charge in [-0.05, 0) is 13.0 Å². The zero-order valence-corrected chi connectivity index (χ0v) is 13.9. The molecule has 0 heterocycles. The number of benzene rings is 1. The van der Waals surface area contributed by atoms with Gasteiger partial charge in [-0.2, -0.15) is 0 Å². The van der Waals surface area contributed by atoms with Crippen LogP contribution in [-0.4, -0.2) is 47.8 Å². The fourth-order valence-corrected chi connectivity index (χ4v) is 3.05. The Kier molecular flexibility index (Phi) is 6.29. The molecule has 1 N–H and O–H groups in total. The predicted molar refractivity (Wildman–Crippen MR) is 82.1 cm³/mol. The first kappa shape index (κ1) is 17.6. The molecule has 1 atom stereocenters. The van der Waals surface area contributed by atoms with E-state index in [0.717, 1.165) is 5.56 Å². The van der Waals surface area contributed by atoms with Crippen molar-refractivity contribution in [2.24, 2.45) is 0 Å². The van der Waals surface area contributed by atoms with E-state index in [0.29, 0.717) is 23.8 Å². The average Bonchev–Trinajstić information content (AvgIpc) is 2.42. The molecule has 0 aromatic heterocycles. The van der Waals surface area contributed by atoms with Crippen molar-refractivity contribution in [1.29, 1.82) is 0 Å². The largest absolute Gasteiger partial charge is 0.496 e. The summed E-state index contributed by atoms with van der Waals surface area (Å²) >= 11 is 0. The molecule has 0 fully saturated rings. The van der Waals surface area contributed by atoms with Crippen LogP contribution in [0.5, 0.6) is 17.2 Å². The molecule has 0 amide bonds. The molecule has 1 unspecified atom stereocenters. The van der Waals surface area contributed by atoms with E-state index in [-0.39, 0.29) is 11.8 Å². The van der Waals surface area contributed by atoms with E-state index in [4.69, 9.17) is 14.2 Å². The number of sulfone groups is 1. The van der Waals surface area contributed by atoms with Gasteiger partial charge < -0.3 is 19.5 Å². The molecule has 0 aliphatic carbocycles. The number of rotatable bonds is 8. The highest BCUT2D eigenvalue weighted by atomic mass is 32.2. The van der Waals surface area contributed by atoms with Crippen LogP contribution in [-0.2, 0) is 16.4 Å². The van der Waals surface area contributed by atoms with Gasteiger partial charge in [0, 0.05) is 30.5 Å². The van der Waals surface area contributed by atoms with Crippen molar-refractivity contribution < 1.29 is 22.6 Å². The molecule has 7 heteroatoms. The van der Waals surface area contributed by atoms with Gasteiger partial charge >= 0.3 is 0 Å². The number of nitrogens with one attached hydrogen (secondary N) is 1.